The Labute approximate surface area is 192 Å². The number of hydrogen-bond acceptors (Lipinski definition) is 5. The third-order valence-corrected chi connectivity index (χ3v) is 6.81. The second-order valence-electron chi connectivity index (χ2n) is 8.05. The Morgan fingerprint density at radius 2 is 1.76 bits per heavy atom. The van der Waals surface area contributed by atoms with Crippen molar-refractivity contribution in [2.24, 2.45) is 0 Å². The van der Waals surface area contributed by atoms with E-state index in [-0.39, 0.29) is 10.6 Å². The van der Waals surface area contributed by atoms with Gasteiger partial charge < -0.3 is 4.74 Å². The number of alkyl halides is 3. The molecule has 0 aliphatic heterocycles. The molecular formula is C21H20F4N2O4S2. The number of nitrogens with one attached hydrogen (secondary N) is 1. The molecule has 178 valence electrons. The van der Waals surface area contributed by atoms with Crippen LogP contribution in [0.3, 0.4) is 0 Å². The van der Waals surface area contributed by atoms with Gasteiger partial charge in [0.05, 0.1) is 12.1 Å². The van der Waals surface area contributed by atoms with Gasteiger partial charge >= 0.3 is 22.5 Å². The van der Waals surface area contributed by atoms with Crippen molar-refractivity contribution in [3.8, 4) is 0 Å². The van der Waals surface area contributed by atoms with E-state index >= 15 is 0 Å². The standard InChI is InChI=1S/C21H20F4N2O4S2/c1-20(2,3)31-19(28)26-33(29,30)27(18-11-14-6-4-5-7-17(14)32-18)12-13-8-9-16(22)15(10-13)21(23,24)25/h4-11H,12H2,1-3H3,(H,26,28). The molecule has 3 rings (SSSR count). The highest BCUT2D eigenvalue weighted by Gasteiger charge is 2.35. The zero-order valence-corrected chi connectivity index (χ0v) is 19.4. The minimum Gasteiger partial charge on any atom is -0.443 e. The van der Waals surface area contributed by atoms with E-state index in [1.807, 2.05) is 0 Å². The summed E-state index contributed by atoms with van der Waals surface area (Å²) in [7, 11) is -4.61. The lowest BCUT2D eigenvalue weighted by Crippen LogP contribution is -2.45. The van der Waals surface area contributed by atoms with Gasteiger partial charge in [0, 0.05) is 4.70 Å². The van der Waals surface area contributed by atoms with Gasteiger partial charge in [-0.05, 0) is 56.0 Å². The number of carbonyl (C=O) groups is 1. The van der Waals surface area contributed by atoms with Crippen molar-refractivity contribution >= 4 is 42.7 Å². The van der Waals surface area contributed by atoms with Gasteiger partial charge in [-0.1, -0.05) is 24.3 Å². The van der Waals surface area contributed by atoms with E-state index in [9.17, 15) is 30.8 Å². The number of amides is 1. The SMILES string of the molecule is CC(C)(C)OC(=O)NS(=O)(=O)N(Cc1ccc(F)c(C(F)(F)F)c1)c1cc2ccccc2s1. The van der Waals surface area contributed by atoms with E-state index in [4.69, 9.17) is 4.74 Å². The van der Waals surface area contributed by atoms with Crippen LogP contribution in [0.5, 0.6) is 0 Å². The van der Waals surface area contributed by atoms with E-state index in [0.717, 1.165) is 26.4 Å². The van der Waals surface area contributed by atoms with Crippen molar-refractivity contribution < 1.29 is 35.5 Å². The number of rotatable bonds is 5. The van der Waals surface area contributed by atoms with Crippen molar-refractivity contribution in [2.75, 3.05) is 4.31 Å². The van der Waals surface area contributed by atoms with E-state index in [1.54, 1.807) is 49.8 Å². The molecule has 0 bridgehead atoms. The molecule has 0 unspecified atom stereocenters. The molecule has 0 spiro atoms. The third kappa shape index (κ3) is 6.14. The molecule has 0 atom stereocenters. The summed E-state index contributed by atoms with van der Waals surface area (Å²) in [5.74, 6) is -1.48. The van der Waals surface area contributed by atoms with Crippen molar-refractivity contribution in [2.45, 2.75) is 39.1 Å². The van der Waals surface area contributed by atoms with Crippen LogP contribution < -0.4 is 9.03 Å². The van der Waals surface area contributed by atoms with Gasteiger partial charge in [-0.25, -0.2) is 18.2 Å². The van der Waals surface area contributed by atoms with Crippen LogP contribution >= 0.6 is 11.3 Å². The predicted octanol–water partition coefficient (Wildman–Crippen LogP) is 5.84. The average Bonchev–Trinajstić information content (AvgIpc) is 3.07. The molecule has 0 radical (unpaired) electrons. The van der Waals surface area contributed by atoms with Crippen LogP contribution in [0.15, 0.2) is 48.5 Å². The van der Waals surface area contributed by atoms with E-state index in [2.05, 4.69) is 0 Å². The Morgan fingerprint density at radius 1 is 1.09 bits per heavy atom. The van der Waals surface area contributed by atoms with Gasteiger partial charge in [-0.15, -0.1) is 11.3 Å². The minimum atomic E-state index is -4.96. The Hall–Kier alpha value is -2.86. The second-order valence-corrected chi connectivity index (χ2v) is 10.7. The summed E-state index contributed by atoms with van der Waals surface area (Å²) in [5, 5.41) is 0.843. The molecule has 33 heavy (non-hydrogen) atoms. The fourth-order valence-corrected chi connectivity index (χ4v) is 5.23. The van der Waals surface area contributed by atoms with Gasteiger partial charge in [0.2, 0.25) is 0 Å². The zero-order chi connectivity index (χ0) is 24.6. The predicted molar refractivity (Wildman–Crippen MR) is 118 cm³/mol. The number of hydrogen-bond donors (Lipinski definition) is 1. The number of nitrogens with zero attached hydrogens (tertiary/aromatic N) is 1. The summed E-state index contributed by atoms with van der Waals surface area (Å²) >= 11 is 1.06. The number of benzene rings is 2. The molecule has 12 heteroatoms. The van der Waals surface area contributed by atoms with E-state index in [0.29, 0.717) is 17.5 Å². The molecule has 1 aromatic heterocycles. The minimum absolute atomic E-state index is 0.129. The Morgan fingerprint density at radius 3 is 2.36 bits per heavy atom. The van der Waals surface area contributed by atoms with Crippen LogP contribution in [-0.4, -0.2) is 20.1 Å². The topological polar surface area (TPSA) is 75.7 Å². The number of carbonyl (C=O) groups excluding carboxylic acids is 1. The van der Waals surface area contributed by atoms with Crippen molar-refractivity contribution in [3.63, 3.8) is 0 Å². The number of fused-ring (bicyclic) bond motifs is 1. The van der Waals surface area contributed by atoms with Crippen LogP contribution in [0.4, 0.5) is 27.4 Å². The van der Waals surface area contributed by atoms with Crippen LogP contribution in [0.25, 0.3) is 10.1 Å². The summed E-state index contributed by atoms with van der Waals surface area (Å²) in [4.78, 5) is 12.1. The first kappa shape index (κ1) is 24.8. The van der Waals surface area contributed by atoms with Gasteiger partial charge in [0.25, 0.3) is 0 Å². The highest BCUT2D eigenvalue weighted by atomic mass is 32.2. The van der Waals surface area contributed by atoms with Gasteiger partial charge in [-0.2, -0.15) is 21.6 Å². The fraction of sp³-hybridized carbons (Fsp3) is 0.286. The maximum atomic E-state index is 13.7. The molecule has 0 saturated heterocycles. The molecular weight excluding hydrogens is 484 g/mol. The molecule has 1 N–H and O–H groups in total. The lowest BCUT2D eigenvalue weighted by Gasteiger charge is -2.25. The van der Waals surface area contributed by atoms with Gasteiger partial charge in [0.1, 0.15) is 16.4 Å². The first-order valence-corrected chi connectivity index (χ1v) is 11.8. The van der Waals surface area contributed by atoms with Crippen LogP contribution in [0.1, 0.15) is 31.9 Å². The summed E-state index contributed by atoms with van der Waals surface area (Å²) in [6, 6.07) is 10.7. The van der Waals surface area contributed by atoms with Crippen molar-refractivity contribution in [3.05, 3.63) is 65.5 Å². The van der Waals surface area contributed by atoms with E-state index in [1.165, 1.54) is 6.07 Å². The fourth-order valence-electron chi connectivity index (χ4n) is 2.89. The Balaban J connectivity index is 2.03. The maximum absolute atomic E-state index is 13.7. The number of thiophene rings is 1. The quantitative estimate of drug-likeness (QED) is 0.444. The van der Waals surface area contributed by atoms with E-state index < -0.39 is 46.0 Å². The summed E-state index contributed by atoms with van der Waals surface area (Å²) in [6.07, 6.45) is -6.21. The third-order valence-electron chi connectivity index (χ3n) is 4.22. The second kappa shape index (κ2) is 8.82. The van der Waals surface area contributed by atoms with Crippen molar-refractivity contribution in [1.29, 1.82) is 0 Å². The highest BCUT2D eigenvalue weighted by molar-refractivity contribution is 7.91. The maximum Gasteiger partial charge on any atom is 0.422 e. The van der Waals surface area contributed by atoms with Crippen LogP contribution in [0, 0.1) is 5.82 Å². The average molecular weight is 505 g/mol. The molecule has 3 aromatic rings. The zero-order valence-electron chi connectivity index (χ0n) is 17.7. The molecule has 0 aliphatic carbocycles. The molecule has 0 saturated carbocycles. The molecule has 0 aliphatic rings. The van der Waals surface area contributed by atoms with Gasteiger partial charge in [-0.3, -0.25) is 0 Å². The Kier molecular flexibility index (Phi) is 6.62. The smallest absolute Gasteiger partial charge is 0.422 e. The normalized spacial score (nSPS) is 12.6. The number of ether oxygens (including phenoxy) is 1. The monoisotopic (exact) mass is 504 g/mol. The highest BCUT2D eigenvalue weighted by Crippen LogP contribution is 2.36. The molecule has 6 nitrogen and oxygen atoms in total. The first-order valence-electron chi connectivity index (χ1n) is 9.53. The summed E-state index contributed by atoms with van der Waals surface area (Å²) < 4.78 is 87.6. The molecule has 1 amide bonds. The lowest BCUT2D eigenvalue weighted by atomic mass is 10.1. The first-order chi connectivity index (χ1) is 15.2. The summed E-state index contributed by atoms with van der Waals surface area (Å²) in [6.45, 7) is 4.04. The number of anilines is 1. The van der Waals surface area contributed by atoms with Crippen LogP contribution in [-0.2, 0) is 27.7 Å². The van der Waals surface area contributed by atoms with Gasteiger partial charge in [0.15, 0.2) is 0 Å². The largest absolute Gasteiger partial charge is 0.443 e. The molecule has 2 aromatic carbocycles. The molecule has 1 heterocycles. The molecule has 0 fully saturated rings. The summed E-state index contributed by atoms with van der Waals surface area (Å²) in [5.41, 5.74) is -2.63. The van der Waals surface area contributed by atoms with Crippen LogP contribution in [0.2, 0.25) is 0 Å². The number of halogens is 4. The Bertz CT molecular complexity index is 1250. The lowest BCUT2D eigenvalue weighted by molar-refractivity contribution is -0.140. The van der Waals surface area contributed by atoms with Crippen molar-refractivity contribution in [1.82, 2.24) is 4.72 Å².